The van der Waals surface area contributed by atoms with Gasteiger partial charge in [0.1, 0.15) is 0 Å². The summed E-state index contributed by atoms with van der Waals surface area (Å²) < 4.78 is 3.96. The maximum Gasteiger partial charge on any atom is 0.198 e. The molecule has 1 saturated carbocycles. The van der Waals surface area contributed by atoms with Crippen LogP contribution in [0.15, 0.2) is 70.2 Å². The first-order chi connectivity index (χ1) is 11.7. The molecule has 2 atom stereocenters. The molecule has 0 saturated heterocycles. The third kappa shape index (κ3) is 3.08. The second-order valence-corrected chi connectivity index (χ2v) is 6.94. The van der Waals surface area contributed by atoms with Crippen molar-refractivity contribution < 1.29 is 0 Å². The van der Waals surface area contributed by atoms with E-state index in [4.69, 9.17) is 11.5 Å². The molecule has 1 aromatic heterocycles. The number of pyridine rings is 1. The Hall–Kier alpha value is -2.53. The van der Waals surface area contributed by atoms with Crippen molar-refractivity contribution in [3.63, 3.8) is 0 Å². The molecule has 0 radical (unpaired) electrons. The molecule has 120 valence electrons. The lowest BCUT2D eigenvalue weighted by atomic mass is 10.0. The van der Waals surface area contributed by atoms with Gasteiger partial charge in [0.2, 0.25) is 0 Å². The highest BCUT2D eigenvalue weighted by Gasteiger charge is 2.39. The van der Waals surface area contributed by atoms with Crippen molar-refractivity contribution in [3.8, 4) is 0 Å². The number of nitrogens with two attached hydrogens (primary N) is 2. The summed E-state index contributed by atoms with van der Waals surface area (Å²) in [7, 11) is 0. The van der Waals surface area contributed by atoms with Crippen molar-refractivity contribution in [1.29, 1.82) is 0 Å². The molecule has 0 bridgehead atoms. The normalized spacial score (nSPS) is 19.2. The van der Waals surface area contributed by atoms with Crippen LogP contribution in [0.1, 0.15) is 29.4 Å². The van der Waals surface area contributed by atoms with Crippen LogP contribution in [0.2, 0.25) is 0 Å². The van der Waals surface area contributed by atoms with E-state index in [9.17, 15) is 0 Å². The molecule has 24 heavy (non-hydrogen) atoms. The summed E-state index contributed by atoms with van der Waals surface area (Å²) in [5.74, 6) is 1.31. The van der Waals surface area contributed by atoms with Gasteiger partial charge < -0.3 is 11.5 Å². The highest BCUT2D eigenvalue weighted by atomic mass is 32.2. The van der Waals surface area contributed by atoms with E-state index in [1.54, 1.807) is 0 Å². The zero-order valence-corrected chi connectivity index (χ0v) is 13.9. The van der Waals surface area contributed by atoms with Crippen molar-refractivity contribution in [1.82, 2.24) is 4.98 Å². The number of hydrogen-bond acceptors (Lipinski definition) is 3. The third-order valence-corrected chi connectivity index (χ3v) is 5.23. The number of hydrogen-bond donors (Lipinski definition) is 2. The Morgan fingerprint density at radius 2 is 1.71 bits per heavy atom. The van der Waals surface area contributed by atoms with Gasteiger partial charge in [0.25, 0.3) is 0 Å². The van der Waals surface area contributed by atoms with Gasteiger partial charge in [0.05, 0.1) is 0 Å². The smallest absolute Gasteiger partial charge is 0.198 e. The average Bonchev–Trinajstić information content (AvgIpc) is 3.41. The molecule has 1 unspecified atom stereocenters. The maximum atomic E-state index is 5.35. The van der Waals surface area contributed by atoms with Gasteiger partial charge in [-0.1, -0.05) is 30.3 Å². The summed E-state index contributed by atoms with van der Waals surface area (Å²) in [6.45, 7) is 0. The van der Waals surface area contributed by atoms with Crippen molar-refractivity contribution in [2.75, 3.05) is 0 Å². The standard InChI is InChI=1S/C19H18N4S/c20-19(21)23-24-16-5-3-12(4-6-16)17-10-18(17)14-1-2-15-11-22-8-7-13(15)9-14/h1-9,11,17-18H,10H2,(H4,20,21,23)/t17-,18?/m0/s1. The second-order valence-electron chi connectivity index (χ2n) is 6.11. The van der Waals surface area contributed by atoms with Gasteiger partial charge in [-0.3, -0.25) is 4.98 Å². The minimum atomic E-state index is 0.0952. The summed E-state index contributed by atoms with van der Waals surface area (Å²) >= 11 is 1.30. The van der Waals surface area contributed by atoms with Gasteiger partial charge >= 0.3 is 0 Å². The molecule has 0 aliphatic heterocycles. The highest BCUT2D eigenvalue weighted by Crippen LogP contribution is 2.55. The number of rotatable bonds is 4. The number of aromatic nitrogens is 1. The van der Waals surface area contributed by atoms with Gasteiger partial charge in [0.15, 0.2) is 5.96 Å². The summed E-state index contributed by atoms with van der Waals surface area (Å²) in [5, 5.41) is 2.46. The Labute approximate surface area is 145 Å². The number of fused-ring (bicyclic) bond motifs is 1. The molecule has 2 aromatic carbocycles. The SMILES string of the molecule is NC(N)=NSc1ccc([C@@H]2CC2c2ccc3cnccc3c2)cc1. The van der Waals surface area contributed by atoms with E-state index in [0.717, 1.165) is 4.90 Å². The van der Waals surface area contributed by atoms with E-state index in [-0.39, 0.29) is 5.96 Å². The van der Waals surface area contributed by atoms with Gasteiger partial charge in [-0.2, -0.15) is 4.40 Å². The van der Waals surface area contributed by atoms with E-state index >= 15 is 0 Å². The molecule has 4 rings (SSSR count). The first kappa shape index (κ1) is 15.0. The quantitative estimate of drug-likeness (QED) is 0.432. The van der Waals surface area contributed by atoms with Gasteiger partial charge in [-0.05, 0) is 53.0 Å². The van der Waals surface area contributed by atoms with Gasteiger partial charge in [-0.25, -0.2) is 0 Å². The first-order valence-electron chi connectivity index (χ1n) is 7.90. The summed E-state index contributed by atoms with van der Waals surface area (Å²) in [4.78, 5) is 5.22. The lowest BCUT2D eigenvalue weighted by Gasteiger charge is -2.04. The number of benzene rings is 2. The fourth-order valence-corrected chi connectivity index (χ4v) is 3.61. The molecule has 1 aliphatic carbocycles. The topological polar surface area (TPSA) is 77.3 Å². The Morgan fingerprint density at radius 3 is 2.50 bits per heavy atom. The summed E-state index contributed by atoms with van der Waals surface area (Å²) in [6, 6.07) is 17.3. The molecular formula is C19H18N4S. The third-order valence-electron chi connectivity index (χ3n) is 4.45. The lowest BCUT2D eigenvalue weighted by Crippen LogP contribution is -2.21. The van der Waals surface area contributed by atoms with Crippen LogP contribution in [-0.2, 0) is 0 Å². The Balaban J connectivity index is 1.49. The zero-order valence-electron chi connectivity index (χ0n) is 13.1. The predicted octanol–water partition coefficient (Wildman–Crippen LogP) is 3.79. The Bertz CT molecular complexity index is 901. The zero-order chi connectivity index (χ0) is 16.5. The van der Waals surface area contributed by atoms with Crippen molar-refractivity contribution in [2.45, 2.75) is 23.2 Å². The molecule has 1 fully saturated rings. The molecule has 1 heterocycles. The molecular weight excluding hydrogens is 316 g/mol. The fourth-order valence-electron chi connectivity index (χ4n) is 3.15. The summed E-state index contributed by atoms with van der Waals surface area (Å²) in [6.07, 6.45) is 4.97. The molecule has 3 aromatic rings. The molecule has 0 amide bonds. The monoisotopic (exact) mass is 334 g/mol. The van der Waals surface area contributed by atoms with Crippen LogP contribution in [-0.4, -0.2) is 10.9 Å². The van der Waals surface area contributed by atoms with Crippen LogP contribution in [0.3, 0.4) is 0 Å². The lowest BCUT2D eigenvalue weighted by molar-refractivity contribution is 1.03. The second kappa shape index (κ2) is 6.17. The molecule has 4 N–H and O–H groups in total. The van der Waals surface area contributed by atoms with Crippen LogP contribution >= 0.6 is 11.9 Å². The predicted molar refractivity (Wildman–Crippen MR) is 100.0 cm³/mol. The van der Waals surface area contributed by atoms with Crippen LogP contribution < -0.4 is 11.5 Å². The maximum absolute atomic E-state index is 5.35. The van der Waals surface area contributed by atoms with E-state index in [1.807, 2.05) is 12.4 Å². The van der Waals surface area contributed by atoms with Crippen molar-refractivity contribution in [3.05, 3.63) is 72.1 Å². The Morgan fingerprint density at radius 1 is 0.958 bits per heavy atom. The average molecular weight is 334 g/mol. The van der Waals surface area contributed by atoms with Crippen LogP contribution in [0.5, 0.6) is 0 Å². The minimum Gasteiger partial charge on any atom is -0.369 e. The minimum absolute atomic E-state index is 0.0952. The van der Waals surface area contributed by atoms with E-state index in [1.165, 1.54) is 40.3 Å². The van der Waals surface area contributed by atoms with Gasteiger partial charge in [0, 0.05) is 34.6 Å². The number of nitrogens with zero attached hydrogens (tertiary/aromatic N) is 2. The fraction of sp³-hybridized carbons (Fsp3) is 0.158. The van der Waals surface area contributed by atoms with E-state index in [2.05, 4.69) is 57.9 Å². The van der Waals surface area contributed by atoms with Crippen LogP contribution in [0.4, 0.5) is 0 Å². The Kier molecular flexibility index (Phi) is 3.86. The van der Waals surface area contributed by atoms with Crippen LogP contribution in [0, 0.1) is 0 Å². The van der Waals surface area contributed by atoms with E-state index < -0.39 is 0 Å². The molecule has 4 nitrogen and oxygen atoms in total. The highest BCUT2D eigenvalue weighted by molar-refractivity contribution is 7.98. The van der Waals surface area contributed by atoms with Crippen molar-refractivity contribution >= 4 is 28.7 Å². The largest absolute Gasteiger partial charge is 0.369 e. The summed E-state index contributed by atoms with van der Waals surface area (Å²) in [5.41, 5.74) is 13.5. The van der Waals surface area contributed by atoms with Crippen LogP contribution in [0.25, 0.3) is 10.8 Å². The number of guanidine groups is 1. The molecule has 5 heteroatoms. The van der Waals surface area contributed by atoms with E-state index in [0.29, 0.717) is 11.8 Å². The molecule has 0 spiro atoms. The van der Waals surface area contributed by atoms with Crippen molar-refractivity contribution in [2.24, 2.45) is 15.9 Å². The first-order valence-corrected chi connectivity index (χ1v) is 8.67. The molecule has 1 aliphatic rings. The van der Waals surface area contributed by atoms with Gasteiger partial charge in [-0.15, -0.1) is 0 Å².